The molecular formula is C6H12F2O4S. The molecule has 0 bridgehead atoms. The van der Waals surface area contributed by atoms with E-state index in [-0.39, 0.29) is 13.0 Å². The summed E-state index contributed by atoms with van der Waals surface area (Å²) in [4.78, 5) is 0. The lowest BCUT2D eigenvalue weighted by Crippen LogP contribution is -2.27. The van der Waals surface area contributed by atoms with Crippen LogP contribution in [0.5, 0.6) is 0 Å². The summed E-state index contributed by atoms with van der Waals surface area (Å²) in [6, 6.07) is 0. The molecule has 0 rings (SSSR count). The molecule has 0 unspecified atom stereocenters. The van der Waals surface area contributed by atoms with Gasteiger partial charge >= 0.3 is 15.4 Å². The molecule has 0 heterocycles. The number of alkyl halides is 2. The molecule has 4 nitrogen and oxygen atoms in total. The van der Waals surface area contributed by atoms with Crippen molar-refractivity contribution >= 4 is 10.1 Å². The van der Waals surface area contributed by atoms with E-state index in [1.807, 2.05) is 0 Å². The number of aliphatic hydroxyl groups is 1. The number of unbranched alkanes of at least 4 members (excludes halogenated alkanes) is 2. The largest absolute Gasteiger partial charge is 0.396 e. The molecule has 0 aromatic rings. The number of hydrogen-bond donors (Lipinski definition) is 2. The lowest BCUT2D eigenvalue weighted by molar-refractivity contribution is 0.0679. The molecular weight excluding hydrogens is 206 g/mol. The first-order chi connectivity index (χ1) is 5.81. The molecule has 0 saturated carbocycles. The zero-order valence-corrected chi connectivity index (χ0v) is 7.73. The molecule has 0 spiro atoms. The van der Waals surface area contributed by atoms with Crippen LogP contribution in [0.25, 0.3) is 0 Å². The summed E-state index contributed by atoms with van der Waals surface area (Å²) in [5.41, 5.74) is 0. The van der Waals surface area contributed by atoms with Gasteiger partial charge in [0.25, 0.3) is 0 Å². The first kappa shape index (κ1) is 12.7. The van der Waals surface area contributed by atoms with E-state index in [1.165, 1.54) is 0 Å². The van der Waals surface area contributed by atoms with Crippen LogP contribution in [0.1, 0.15) is 25.7 Å². The van der Waals surface area contributed by atoms with Gasteiger partial charge in [-0.2, -0.15) is 17.2 Å². The molecule has 0 aliphatic carbocycles. The minimum atomic E-state index is -5.29. The topological polar surface area (TPSA) is 74.6 Å². The van der Waals surface area contributed by atoms with E-state index in [4.69, 9.17) is 9.66 Å². The highest BCUT2D eigenvalue weighted by atomic mass is 32.2. The van der Waals surface area contributed by atoms with Gasteiger partial charge in [-0.25, -0.2) is 0 Å². The Bertz CT molecular complexity index is 237. The SMILES string of the molecule is O=S(=O)(O)C(F)(F)CCCCCO. The van der Waals surface area contributed by atoms with Crippen molar-refractivity contribution < 1.29 is 26.9 Å². The zero-order chi connectivity index (χ0) is 10.5. The highest BCUT2D eigenvalue weighted by Crippen LogP contribution is 2.26. The summed E-state index contributed by atoms with van der Waals surface area (Å²) >= 11 is 0. The third kappa shape index (κ3) is 4.49. The van der Waals surface area contributed by atoms with Gasteiger partial charge in [0.1, 0.15) is 0 Å². The molecule has 0 radical (unpaired) electrons. The van der Waals surface area contributed by atoms with E-state index in [0.717, 1.165) is 0 Å². The van der Waals surface area contributed by atoms with Gasteiger partial charge in [-0.1, -0.05) is 6.42 Å². The first-order valence-electron chi connectivity index (χ1n) is 3.77. The summed E-state index contributed by atoms with van der Waals surface area (Å²) in [6.45, 7) is -0.114. The Labute approximate surface area is 75.3 Å². The average Bonchev–Trinajstić information content (AvgIpc) is 1.96. The Morgan fingerprint density at radius 1 is 1.15 bits per heavy atom. The standard InChI is InChI=1S/C6H12F2O4S/c7-6(8,13(10,11)12)4-2-1-3-5-9/h9H,1-5H2,(H,10,11,12). The third-order valence-corrected chi connectivity index (χ3v) is 2.46. The van der Waals surface area contributed by atoms with E-state index < -0.39 is 21.8 Å². The second-order valence-corrected chi connectivity index (χ2v) is 4.19. The van der Waals surface area contributed by atoms with Crippen LogP contribution in [-0.4, -0.2) is 29.9 Å². The van der Waals surface area contributed by atoms with Crippen LogP contribution in [0.15, 0.2) is 0 Å². The molecule has 0 amide bonds. The van der Waals surface area contributed by atoms with Crippen LogP contribution in [0.2, 0.25) is 0 Å². The molecule has 2 N–H and O–H groups in total. The van der Waals surface area contributed by atoms with Gasteiger partial charge in [0.05, 0.1) is 0 Å². The smallest absolute Gasteiger partial charge is 0.370 e. The summed E-state index contributed by atoms with van der Waals surface area (Å²) < 4.78 is 53.1. The van der Waals surface area contributed by atoms with E-state index in [1.54, 1.807) is 0 Å². The monoisotopic (exact) mass is 218 g/mol. The number of aliphatic hydroxyl groups excluding tert-OH is 1. The fourth-order valence-electron chi connectivity index (χ4n) is 0.748. The normalized spacial score (nSPS) is 13.2. The van der Waals surface area contributed by atoms with E-state index in [2.05, 4.69) is 0 Å². The average molecular weight is 218 g/mol. The molecule has 0 aromatic heterocycles. The van der Waals surface area contributed by atoms with Crippen molar-refractivity contribution in [3.63, 3.8) is 0 Å². The maximum absolute atomic E-state index is 12.5. The van der Waals surface area contributed by atoms with Crippen LogP contribution in [0.4, 0.5) is 8.78 Å². The van der Waals surface area contributed by atoms with Gasteiger partial charge in [-0.3, -0.25) is 4.55 Å². The van der Waals surface area contributed by atoms with Crippen molar-refractivity contribution in [1.29, 1.82) is 0 Å². The Kier molecular flexibility index (Phi) is 4.72. The van der Waals surface area contributed by atoms with Crippen molar-refractivity contribution in [1.82, 2.24) is 0 Å². The minimum absolute atomic E-state index is 0.0483. The highest BCUT2D eigenvalue weighted by molar-refractivity contribution is 7.86. The Balaban J connectivity index is 3.91. The third-order valence-electron chi connectivity index (χ3n) is 1.50. The predicted octanol–water partition coefficient (Wildman–Crippen LogP) is 1.02. The molecule has 0 fully saturated rings. The highest BCUT2D eigenvalue weighted by Gasteiger charge is 2.42. The van der Waals surface area contributed by atoms with Crippen LogP contribution < -0.4 is 0 Å². The number of hydrogen-bond acceptors (Lipinski definition) is 3. The summed E-state index contributed by atoms with van der Waals surface area (Å²) in [6.07, 6.45) is -0.303. The lowest BCUT2D eigenvalue weighted by atomic mass is 10.2. The summed E-state index contributed by atoms with van der Waals surface area (Å²) in [7, 11) is -5.29. The van der Waals surface area contributed by atoms with Crippen LogP contribution in [-0.2, 0) is 10.1 Å². The van der Waals surface area contributed by atoms with Crippen molar-refractivity contribution in [2.24, 2.45) is 0 Å². The van der Waals surface area contributed by atoms with Gasteiger partial charge in [-0.15, -0.1) is 0 Å². The van der Waals surface area contributed by atoms with Crippen molar-refractivity contribution in [2.45, 2.75) is 30.9 Å². The van der Waals surface area contributed by atoms with Crippen molar-refractivity contribution in [3.05, 3.63) is 0 Å². The lowest BCUT2D eigenvalue weighted by Gasteiger charge is -2.11. The van der Waals surface area contributed by atoms with Gasteiger partial charge < -0.3 is 5.11 Å². The molecule has 0 aromatic carbocycles. The fraction of sp³-hybridized carbons (Fsp3) is 1.00. The Morgan fingerprint density at radius 3 is 2.08 bits per heavy atom. The maximum Gasteiger partial charge on any atom is 0.370 e. The second kappa shape index (κ2) is 4.83. The molecule has 0 saturated heterocycles. The second-order valence-electron chi connectivity index (χ2n) is 2.65. The molecule has 80 valence electrons. The Morgan fingerprint density at radius 2 is 1.69 bits per heavy atom. The molecule has 0 aliphatic rings. The van der Waals surface area contributed by atoms with E-state index in [9.17, 15) is 17.2 Å². The van der Waals surface area contributed by atoms with Crippen LogP contribution >= 0.6 is 0 Å². The quantitative estimate of drug-likeness (QED) is 0.515. The maximum atomic E-state index is 12.5. The first-order valence-corrected chi connectivity index (χ1v) is 5.21. The minimum Gasteiger partial charge on any atom is -0.396 e. The van der Waals surface area contributed by atoms with Crippen molar-refractivity contribution in [2.75, 3.05) is 6.61 Å². The number of rotatable bonds is 6. The molecule has 7 heteroatoms. The predicted molar refractivity (Wildman–Crippen MR) is 42.0 cm³/mol. The van der Waals surface area contributed by atoms with E-state index in [0.29, 0.717) is 12.8 Å². The van der Waals surface area contributed by atoms with Crippen molar-refractivity contribution in [3.8, 4) is 0 Å². The van der Waals surface area contributed by atoms with Gasteiger partial charge in [0.15, 0.2) is 0 Å². The van der Waals surface area contributed by atoms with Gasteiger partial charge in [-0.05, 0) is 12.8 Å². The van der Waals surface area contributed by atoms with Crippen LogP contribution in [0, 0.1) is 0 Å². The number of halogens is 2. The summed E-state index contributed by atoms with van der Waals surface area (Å²) in [5.74, 6) is 0. The molecule has 13 heavy (non-hydrogen) atoms. The fourth-order valence-corrected chi connectivity index (χ4v) is 1.15. The van der Waals surface area contributed by atoms with Gasteiger partial charge in [0, 0.05) is 13.0 Å². The van der Waals surface area contributed by atoms with Gasteiger partial charge in [0.2, 0.25) is 0 Å². The van der Waals surface area contributed by atoms with Crippen LogP contribution in [0.3, 0.4) is 0 Å². The Hall–Kier alpha value is -0.270. The van der Waals surface area contributed by atoms with E-state index >= 15 is 0 Å². The molecule has 0 atom stereocenters. The zero-order valence-electron chi connectivity index (χ0n) is 6.91. The summed E-state index contributed by atoms with van der Waals surface area (Å²) in [5, 5.41) is 4.23. The molecule has 0 aliphatic heterocycles.